The number of aromatic nitrogens is 1. The molecule has 2 rings (SSSR count). The molecule has 0 radical (unpaired) electrons. The maximum Gasteiger partial charge on any atom is 0.255 e. The van der Waals surface area contributed by atoms with Crippen molar-refractivity contribution < 1.29 is 13.9 Å². The summed E-state index contributed by atoms with van der Waals surface area (Å²) in [6.07, 6.45) is 2.43. The molecule has 112 valence electrons. The minimum atomic E-state index is -0.276. The molecule has 6 nitrogen and oxygen atoms in total. The van der Waals surface area contributed by atoms with Crippen molar-refractivity contribution in [3.63, 3.8) is 0 Å². The lowest BCUT2D eigenvalue weighted by Crippen LogP contribution is -2.24. The van der Waals surface area contributed by atoms with Crippen molar-refractivity contribution in [1.29, 1.82) is 0 Å². The Bertz CT molecular complexity index is 622. The molecule has 2 aromatic rings. The van der Waals surface area contributed by atoms with E-state index in [1.54, 1.807) is 24.4 Å². The summed E-state index contributed by atoms with van der Waals surface area (Å²) >= 11 is 0. The van der Waals surface area contributed by atoms with Crippen molar-refractivity contribution in [2.45, 2.75) is 26.8 Å². The monoisotopic (exact) mass is 289 g/mol. The molecular weight excluding hydrogens is 270 g/mol. The second kappa shape index (κ2) is 6.78. The van der Waals surface area contributed by atoms with Crippen LogP contribution in [0.15, 0.2) is 28.8 Å². The minimum absolute atomic E-state index is 0.221. The molecule has 21 heavy (non-hydrogen) atoms. The van der Waals surface area contributed by atoms with Gasteiger partial charge in [-0.05, 0) is 19.1 Å². The molecule has 1 amide bonds. The van der Waals surface area contributed by atoms with Crippen LogP contribution in [0.3, 0.4) is 0 Å². The fraction of sp³-hybridized carbons (Fsp3) is 0.333. The van der Waals surface area contributed by atoms with Crippen LogP contribution in [0.1, 0.15) is 35.9 Å². The lowest BCUT2D eigenvalue weighted by molar-refractivity contribution is 0.0943. The number of anilines is 1. The van der Waals surface area contributed by atoms with Gasteiger partial charge in [-0.25, -0.2) is 4.98 Å². The molecule has 1 aromatic heterocycles. The first-order valence-electron chi connectivity index (χ1n) is 6.88. The highest BCUT2D eigenvalue weighted by atomic mass is 16.5. The van der Waals surface area contributed by atoms with E-state index in [0.29, 0.717) is 29.5 Å². The summed E-state index contributed by atoms with van der Waals surface area (Å²) in [7, 11) is 0. The topological polar surface area (TPSA) is 90.4 Å². The Kier molecular flexibility index (Phi) is 4.81. The molecule has 1 heterocycles. The van der Waals surface area contributed by atoms with E-state index >= 15 is 0 Å². The number of carbonyl (C=O) groups is 1. The fourth-order valence-corrected chi connectivity index (χ4v) is 1.88. The number of para-hydroxylation sites is 1. The first-order chi connectivity index (χ1) is 10.2. The number of aryl methyl sites for hydroxylation is 1. The van der Waals surface area contributed by atoms with Crippen LogP contribution in [-0.2, 0) is 13.0 Å². The van der Waals surface area contributed by atoms with Gasteiger partial charge in [-0.1, -0.05) is 13.0 Å². The molecule has 6 heteroatoms. The predicted octanol–water partition coefficient (Wildman–Crippen LogP) is 2.15. The van der Waals surface area contributed by atoms with Crippen molar-refractivity contribution >= 4 is 11.6 Å². The van der Waals surface area contributed by atoms with Crippen LogP contribution in [-0.4, -0.2) is 17.5 Å². The highest BCUT2D eigenvalue weighted by Gasteiger charge is 2.15. The lowest BCUT2D eigenvalue weighted by atomic mass is 10.1. The van der Waals surface area contributed by atoms with Gasteiger partial charge in [0.15, 0.2) is 5.75 Å². The Balaban J connectivity index is 2.08. The van der Waals surface area contributed by atoms with Gasteiger partial charge in [0.2, 0.25) is 5.89 Å². The maximum absolute atomic E-state index is 12.2. The largest absolute Gasteiger partial charge is 0.491 e. The van der Waals surface area contributed by atoms with Gasteiger partial charge in [0.05, 0.1) is 30.6 Å². The number of nitrogens with zero attached hydrogens (tertiary/aromatic N) is 1. The zero-order chi connectivity index (χ0) is 15.2. The molecule has 3 N–H and O–H groups in total. The van der Waals surface area contributed by atoms with Crippen LogP contribution in [0.25, 0.3) is 0 Å². The van der Waals surface area contributed by atoms with Gasteiger partial charge < -0.3 is 20.2 Å². The third-order valence-corrected chi connectivity index (χ3v) is 2.93. The first kappa shape index (κ1) is 14.9. The van der Waals surface area contributed by atoms with Crippen LogP contribution in [0.2, 0.25) is 0 Å². The van der Waals surface area contributed by atoms with Crippen LogP contribution in [0.4, 0.5) is 5.69 Å². The van der Waals surface area contributed by atoms with Crippen molar-refractivity contribution in [1.82, 2.24) is 10.3 Å². The minimum Gasteiger partial charge on any atom is -0.491 e. The van der Waals surface area contributed by atoms with Gasteiger partial charge >= 0.3 is 0 Å². The quantitative estimate of drug-likeness (QED) is 0.795. The van der Waals surface area contributed by atoms with Crippen molar-refractivity contribution in [2.24, 2.45) is 0 Å². The third-order valence-electron chi connectivity index (χ3n) is 2.93. The molecule has 0 aliphatic carbocycles. The molecule has 0 unspecified atom stereocenters. The van der Waals surface area contributed by atoms with E-state index in [0.717, 1.165) is 12.2 Å². The second-order valence-corrected chi connectivity index (χ2v) is 4.41. The molecule has 0 fully saturated rings. The number of hydrogen-bond donors (Lipinski definition) is 2. The standard InChI is InChI=1S/C15H19N3O3/c1-3-10-8-17-13(21-10)9-18-15(19)11-6-5-7-12(16)14(11)20-4-2/h5-8H,3-4,9,16H2,1-2H3,(H,18,19). The Morgan fingerprint density at radius 2 is 2.24 bits per heavy atom. The van der Waals surface area contributed by atoms with Gasteiger partial charge in [-0.15, -0.1) is 0 Å². The van der Waals surface area contributed by atoms with Crippen molar-refractivity contribution in [3.8, 4) is 5.75 Å². The van der Waals surface area contributed by atoms with Gasteiger partial charge in [0.25, 0.3) is 5.91 Å². The Morgan fingerprint density at radius 3 is 2.90 bits per heavy atom. The summed E-state index contributed by atoms with van der Waals surface area (Å²) < 4.78 is 10.9. The Labute approximate surface area is 123 Å². The number of hydrogen-bond acceptors (Lipinski definition) is 5. The number of benzene rings is 1. The van der Waals surface area contributed by atoms with E-state index in [1.165, 1.54) is 0 Å². The molecule has 0 saturated heterocycles. The zero-order valence-electron chi connectivity index (χ0n) is 12.2. The van der Waals surface area contributed by atoms with Gasteiger partial charge in [0.1, 0.15) is 5.76 Å². The summed E-state index contributed by atoms with van der Waals surface area (Å²) in [5.74, 6) is 1.39. The summed E-state index contributed by atoms with van der Waals surface area (Å²) in [5, 5.41) is 2.75. The molecule has 0 atom stereocenters. The van der Waals surface area contributed by atoms with Crippen molar-refractivity contribution in [2.75, 3.05) is 12.3 Å². The first-order valence-corrected chi connectivity index (χ1v) is 6.88. The molecular formula is C15H19N3O3. The zero-order valence-corrected chi connectivity index (χ0v) is 12.2. The number of ether oxygens (including phenoxy) is 1. The molecule has 0 aliphatic heterocycles. The fourth-order valence-electron chi connectivity index (χ4n) is 1.88. The number of nitrogen functional groups attached to an aromatic ring is 1. The number of oxazole rings is 1. The average molecular weight is 289 g/mol. The molecule has 0 aliphatic rings. The number of nitrogens with two attached hydrogens (primary N) is 1. The third kappa shape index (κ3) is 3.53. The Hall–Kier alpha value is -2.50. The number of carbonyl (C=O) groups excluding carboxylic acids is 1. The van der Waals surface area contributed by atoms with Gasteiger partial charge in [-0.2, -0.15) is 0 Å². The SMILES string of the molecule is CCOc1c(N)cccc1C(=O)NCc1ncc(CC)o1. The predicted molar refractivity (Wildman–Crippen MR) is 79.1 cm³/mol. The highest BCUT2D eigenvalue weighted by molar-refractivity contribution is 5.98. The second-order valence-electron chi connectivity index (χ2n) is 4.41. The van der Waals surface area contributed by atoms with Gasteiger partial charge in [0, 0.05) is 6.42 Å². The Morgan fingerprint density at radius 1 is 1.43 bits per heavy atom. The van der Waals surface area contributed by atoms with E-state index in [9.17, 15) is 4.79 Å². The van der Waals surface area contributed by atoms with E-state index in [2.05, 4.69) is 10.3 Å². The summed E-state index contributed by atoms with van der Waals surface area (Å²) in [6.45, 7) is 4.48. The summed E-state index contributed by atoms with van der Waals surface area (Å²) in [4.78, 5) is 16.3. The molecule has 0 saturated carbocycles. The van der Waals surface area contributed by atoms with Crippen LogP contribution < -0.4 is 15.8 Å². The maximum atomic E-state index is 12.2. The molecule has 0 spiro atoms. The van der Waals surface area contributed by atoms with Crippen LogP contribution in [0.5, 0.6) is 5.75 Å². The van der Waals surface area contributed by atoms with Crippen molar-refractivity contribution in [3.05, 3.63) is 41.6 Å². The molecule has 0 bridgehead atoms. The lowest BCUT2D eigenvalue weighted by Gasteiger charge is -2.12. The van der Waals surface area contributed by atoms with Crippen LogP contribution in [0, 0.1) is 0 Å². The van der Waals surface area contributed by atoms with E-state index in [4.69, 9.17) is 14.9 Å². The average Bonchev–Trinajstić information content (AvgIpc) is 2.95. The summed E-state index contributed by atoms with van der Waals surface area (Å²) in [5.41, 5.74) is 6.68. The number of rotatable bonds is 6. The van der Waals surface area contributed by atoms with Crippen LogP contribution >= 0.6 is 0 Å². The van der Waals surface area contributed by atoms with E-state index in [-0.39, 0.29) is 12.5 Å². The highest BCUT2D eigenvalue weighted by Crippen LogP contribution is 2.26. The normalized spacial score (nSPS) is 10.4. The summed E-state index contributed by atoms with van der Waals surface area (Å²) in [6, 6.07) is 5.08. The number of nitrogens with one attached hydrogen (secondary N) is 1. The van der Waals surface area contributed by atoms with E-state index in [1.807, 2.05) is 13.8 Å². The van der Waals surface area contributed by atoms with E-state index < -0.39 is 0 Å². The number of amides is 1. The van der Waals surface area contributed by atoms with Gasteiger partial charge in [-0.3, -0.25) is 4.79 Å². The molecule has 1 aromatic carbocycles. The smallest absolute Gasteiger partial charge is 0.255 e.